The third-order valence-electron chi connectivity index (χ3n) is 7.44. The number of aromatic nitrogens is 7. The second kappa shape index (κ2) is 11.9. The van der Waals surface area contributed by atoms with E-state index in [1.165, 1.54) is 27.8 Å². The van der Waals surface area contributed by atoms with Gasteiger partial charge in [-0.25, -0.2) is 18.7 Å². The normalized spacial score (nSPS) is 18.8. The molecule has 4 heterocycles. The fourth-order valence-electron chi connectivity index (χ4n) is 5.34. The summed E-state index contributed by atoms with van der Waals surface area (Å²) in [5, 5.41) is 14.7. The van der Waals surface area contributed by atoms with E-state index in [1.54, 1.807) is 49.4 Å². The fourth-order valence-corrected chi connectivity index (χ4v) is 5.64. The van der Waals surface area contributed by atoms with Crippen molar-refractivity contribution < 1.29 is 18.0 Å². The molecule has 0 saturated heterocycles. The molecule has 1 unspecified atom stereocenters. The molecular formula is C29H23Cl2F3N8O2. The van der Waals surface area contributed by atoms with Crippen LogP contribution >= 0.6 is 23.2 Å². The van der Waals surface area contributed by atoms with Crippen molar-refractivity contribution in [1.29, 1.82) is 0 Å². The Morgan fingerprint density at radius 1 is 1.07 bits per heavy atom. The first-order valence-corrected chi connectivity index (χ1v) is 14.2. The fraction of sp³-hybridized carbons (Fsp3) is 0.241. The molecule has 44 heavy (non-hydrogen) atoms. The average Bonchev–Trinajstić information content (AvgIpc) is 3.62. The number of carbonyl (C=O) groups excluding carboxylic acids is 1. The number of nitrogens with zero attached hydrogens (tertiary/aromatic N) is 7. The van der Waals surface area contributed by atoms with E-state index in [-0.39, 0.29) is 35.1 Å². The Kier molecular flexibility index (Phi) is 7.99. The van der Waals surface area contributed by atoms with Crippen molar-refractivity contribution in [2.24, 2.45) is 5.92 Å². The highest BCUT2D eigenvalue weighted by Gasteiger charge is 2.29. The molecule has 15 heteroatoms. The van der Waals surface area contributed by atoms with Gasteiger partial charge in [-0.1, -0.05) is 53.5 Å². The van der Waals surface area contributed by atoms with E-state index in [0.29, 0.717) is 32.1 Å². The van der Waals surface area contributed by atoms with Crippen LogP contribution in [0.3, 0.4) is 0 Å². The quantitative estimate of drug-likeness (QED) is 0.244. The van der Waals surface area contributed by atoms with Gasteiger partial charge in [0.25, 0.3) is 5.56 Å². The molecule has 3 atom stereocenters. The highest BCUT2D eigenvalue weighted by molar-refractivity contribution is 6.31. The summed E-state index contributed by atoms with van der Waals surface area (Å²) in [6.45, 7) is -1.44. The number of hydrogen-bond acceptors (Lipinski definition) is 6. The van der Waals surface area contributed by atoms with E-state index in [2.05, 4.69) is 25.7 Å². The molecule has 1 amide bonds. The number of amides is 1. The number of nitrogens with one attached hydrogen (secondary N) is 1. The minimum absolute atomic E-state index is 0.0129. The Balaban J connectivity index is 1.47. The Morgan fingerprint density at radius 2 is 1.89 bits per heavy atom. The van der Waals surface area contributed by atoms with Gasteiger partial charge in [-0.3, -0.25) is 14.2 Å². The molecule has 1 aliphatic heterocycles. The van der Waals surface area contributed by atoms with Gasteiger partial charge in [-0.2, -0.15) is 13.9 Å². The van der Waals surface area contributed by atoms with E-state index in [9.17, 15) is 18.4 Å². The summed E-state index contributed by atoms with van der Waals surface area (Å²) in [5.74, 6) is -1.33. The van der Waals surface area contributed by atoms with Crippen LogP contribution in [0.15, 0.2) is 72.0 Å². The summed E-state index contributed by atoms with van der Waals surface area (Å²) < 4.78 is 46.7. The first-order valence-electron chi connectivity index (χ1n) is 13.5. The lowest BCUT2D eigenvalue weighted by Gasteiger charge is -2.25. The number of alkyl halides is 3. The van der Waals surface area contributed by atoms with Crippen LogP contribution in [0.25, 0.3) is 28.2 Å². The summed E-state index contributed by atoms with van der Waals surface area (Å²) >= 11 is 12.2. The SMILES string of the molecule is C[C@@H]1CC(F)C[C@H](n2cnc(-c3cc(Cl)ccc3-n3cc(Cl)nn3)cc2=O)c2cccc(c2)-c2c(cnn2C(F)F)NC1=O. The van der Waals surface area contributed by atoms with E-state index in [1.807, 2.05) is 0 Å². The van der Waals surface area contributed by atoms with Crippen molar-refractivity contribution in [3.05, 3.63) is 93.3 Å². The number of fused-ring (bicyclic) bond motifs is 4. The number of halogens is 5. The van der Waals surface area contributed by atoms with Crippen LogP contribution < -0.4 is 10.9 Å². The third-order valence-corrected chi connectivity index (χ3v) is 7.85. The molecule has 2 aromatic carbocycles. The van der Waals surface area contributed by atoms with Crippen molar-refractivity contribution in [3.63, 3.8) is 0 Å². The Hall–Kier alpha value is -4.49. The van der Waals surface area contributed by atoms with Crippen LogP contribution in [0.1, 0.15) is 37.9 Å². The lowest BCUT2D eigenvalue weighted by molar-refractivity contribution is -0.120. The van der Waals surface area contributed by atoms with Crippen LogP contribution in [0.4, 0.5) is 18.9 Å². The molecule has 1 N–H and O–H groups in total. The Morgan fingerprint density at radius 3 is 2.61 bits per heavy atom. The topological polar surface area (TPSA) is 113 Å². The van der Waals surface area contributed by atoms with Crippen molar-refractivity contribution in [2.75, 3.05) is 5.32 Å². The largest absolute Gasteiger partial charge is 0.333 e. The highest BCUT2D eigenvalue weighted by Crippen LogP contribution is 2.36. The van der Waals surface area contributed by atoms with Gasteiger partial charge in [0.1, 0.15) is 6.17 Å². The molecule has 10 nitrogen and oxygen atoms in total. The van der Waals surface area contributed by atoms with Gasteiger partial charge in [0.05, 0.1) is 47.5 Å². The van der Waals surface area contributed by atoms with Crippen LogP contribution in [0.2, 0.25) is 10.2 Å². The molecule has 1 aliphatic rings. The summed E-state index contributed by atoms with van der Waals surface area (Å²) in [4.78, 5) is 31.1. The lowest BCUT2D eigenvalue weighted by atomic mass is 9.93. The zero-order valence-corrected chi connectivity index (χ0v) is 24.4. The number of benzene rings is 2. The first-order chi connectivity index (χ1) is 21.1. The van der Waals surface area contributed by atoms with Gasteiger partial charge >= 0.3 is 6.55 Å². The van der Waals surface area contributed by atoms with Crippen molar-refractivity contribution in [3.8, 4) is 28.2 Å². The smallest absolute Gasteiger partial charge is 0.323 e. The van der Waals surface area contributed by atoms with Gasteiger partial charge in [-0.15, -0.1) is 5.10 Å². The number of carbonyl (C=O) groups is 1. The van der Waals surface area contributed by atoms with E-state index in [4.69, 9.17) is 23.2 Å². The van der Waals surface area contributed by atoms with Crippen molar-refractivity contribution >= 4 is 34.8 Å². The average molecular weight is 643 g/mol. The molecule has 0 radical (unpaired) electrons. The summed E-state index contributed by atoms with van der Waals surface area (Å²) in [6.07, 6.45) is 2.10. The van der Waals surface area contributed by atoms with Gasteiger partial charge < -0.3 is 5.32 Å². The van der Waals surface area contributed by atoms with Gasteiger partial charge in [0, 0.05) is 34.6 Å². The minimum atomic E-state index is -2.99. The van der Waals surface area contributed by atoms with Crippen molar-refractivity contribution in [1.82, 2.24) is 34.3 Å². The second-order valence-electron chi connectivity index (χ2n) is 10.4. The monoisotopic (exact) mass is 642 g/mol. The summed E-state index contributed by atoms with van der Waals surface area (Å²) in [5.41, 5.74) is 1.59. The van der Waals surface area contributed by atoms with Crippen LogP contribution in [0.5, 0.6) is 0 Å². The molecule has 2 bridgehead atoms. The highest BCUT2D eigenvalue weighted by atomic mass is 35.5. The van der Waals surface area contributed by atoms with Crippen molar-refractivity contribution in [2.45, 2.75) is 38.5 Å². The molecule has 0 fully saturated rings. The van der Waals surface area contributed by atoms with Gasteiger partial charge in [0.15, 0.2) is 5.15 Å². The van der Waals surface area contributed by atoms with Gasteiger partial charge in [-0.05, 0) is 36.2 Å². The molecular weight excluding hydrogens is 620 g/mol. The number of anilines is 1. The zero-order valence-electron chi connectivity index (χ0n) is 22.9. The number of rotatable bonds is 4. The second-order valence-corrected chi connectivity index (χ2v) is 11.2. The number of hydrogen-bond donors (Lipinski definition) is 1. The summed E-state index contributed by atoms with van der Waals surface area (Å²) in [7, 11) is 0. The minimum Gasteiger partial charge on any atom is -0.323 e. The molecule has 226 valence electrons. The Labute approximate surface area is 258 Å². The predicted octanol–water partition coefficient (Wildman–Crippen LogP) is 6.35. The van der Waals surface area contributed by atoms with E-state index < -0.39 is 36.1 Å². The standard InChI is InChI=1S/C29H23Cl2F3N8O2/c1-15-7-19(32)10-24(16-3-2-4-17(8-16)27-22(37-28(15)44)12-36-42(27)29(33)34)40-14-35-21(11-26(40)43)20-9-18(30)5-6-23(20)41-13-25(31)38-39-41/h2-6,8-9,11-15,19,24,29H,7,10H2,1H3,(H,37,44)/t15-,19?,24+/m1/s1. The zero-order chi connectivity index (χ0) is 31.1. The maximum absolute atomic E-state index is 15.6. The molecule has 0 saturated carbocycles. The molecule has 6 rings (SSSR count). The summed E-state index contributed by atoms with van der Waals surface area (Å²) in [6, 6.07) is 11.8. The predicted molar refractivity (Wildman–Crippen MR) is 158 cm³/mol. The van der Waals surface area contributed by atoms with E-state index in [0.717, 1.165) is 6.20 Å². The first kappa shape index (κ1) is 29.6. The van der Waals surface area contributed by atoms with Crippen LogP contribution in [0, 0.1) is 5.92 Å². The van der Waals surface area contributed by atoms with Crippen LogP contribution in [-0.4, -0.2) is 46.4 Å². The maximum atomic E-state index is 15.6. The molecule has 0 spiro atoms. The molecule has 3 aromatic heterocycles. The van der Waals surface area contributed by atoms with Gasteiger partial charge in [0.2, 0.25) is 5.91 Å². The van der Waals surface area contributed by atoms with Crippen LogP contribution in [-0.2, 0) is 4.79 Å². The third kappa shape index (κ3) is 5.72. The lowest BCUT2D eigenvalue weighted by Crippen LogP contribution is -2.29. The maximum Gasteiger partial charge on any atom is 0.333 e. The van der Waals surface area contributed by atoms with E-state index >= 15 is 4.39 Å². The molecule has 0 aliphatic carbocycles. The Bertz CT molecular complexity index is 1920. The molecule has 5 aromatic rings.